The Bertz CT molecular complexity index is 391. The Balaban J connectivity index is 2.94. The monoisotopic (exact) mass is 225 g/mol. The van der Waals surface area contributed by atoms with Crippen molar-refractivity contribution in [1.82, 2.24) is 0 Å². The van der Waals surface area contributed by atoms with Crippen LogP contribution in [0.2, 0.25) is 0 Å². The summed E-state index contributed by atoms with van der Waals surface area (Å²) in [6.45, 7) is 3.31. The maximum Gasteiger partial charge on any atom is 0.320 e. The Morgan fingerprint density at radius 3 is 2.69 bits per heavy atom. The number of carbonyl (C=O) groups is 1. The third-order valence-electron chi connectivity index (χ3n) is 2.59. The van der Waals surface area contributed by atoms with Gasteiger partial charge in [0, 0.05) is 0 Å². The van der Waals surface area contributed by atoms with Crippen LogP contribution < -0.4 is 5.73 Å². The van der Waals surface area contributed by atoms with Crippen LogP contribution in [0.3, 0.4) is 0 Å². The van der Waals surface area contributed by atoms with E-state index in [0.29, 0.717) is 5.56 Å². The average Bonchev–Trinajstić information content (AvgIpc) is 2.20. The standard InChI is InChI=1S/C12H16FNO2/c1-7-3-4-9(8(2)13)5-10(7)6-11(14)12(15)16/h3-5,8,11H,6,14H2,1-2H3,(H,15,16). The lowest BCUT2D eigenvalue weighted by molar-refractivity contribution is -0.138. The van der Waals surface area contributed by atoms with E-state index in [4.69, 9.17) is 10.8 Å². The van der Waals surface area contributed by atoms with E-state index in [2.05, 4.69) is 0 Å². The van der Waals surface area contributed by atoms with Gasteiger partial charge < -0.3 is 10.8 Å². The minimum absolute atomic E-state index is 0.224. The van der Waals surface area contributed by atoms with Crippen molar-refractivity contribution in [1.29, 1.82) is 0 Å². The van der Waals surface area contributed by atoms with Crippen LogP contribution in [0.25, 0.3) is 0 Å². The van der Waals surface area contributed by atoms with Crippen LogP contribution in [0.4, 0.5) is 4.39 Å². The molecule has 0 heterocycles. The van der Waals surface area contributed by atoms with Gasteiger partial charge in [0.15, 0.2) is 0 Å². The fourth-order valence-electron chi connectivity index (χ4n) is 1.48. The predicted octanol–water partition coefficient (Wildman–Crippen LogP) is 1.98. The largest absolute Gasteiger partial charge is 0.480 e. The van der Waals surface area contributed by atoms with E-state index < -0.39 is 18.2 Å². The molecule has 0 radical (unpaired) electrons. The molecule has 0 aliphatic rings. The maximum atomic E-state index is 13.1. The Morgan fingerprint density at radius 2 is 2.19 bits per heavy atom. The van der Waals surface area contributed by atoms with Crippen molar-refractivity contribution in [2.24, 2.45) is 5.73 Å². The first-order valence-corrected chi connectivity index (χ1v) is 5.13. The van der Waals surface area contributed by atoms with E-state index in [1.807, 2.05) is 6.92 Å². The van der Waals surface area contributed by atoms with E-state index in [1.54, 1.807) is 18.2 Å². The normalized spacial score (nSPS) is 14.5. The van der Waals surface area contributed by atoms with Gasteiger partial charge in [-0.15, -0.1) is 0 Å². The molecule has 16 heavy (non-hydrogen) atoms. The molecule has 0 aliphatic carbocycles. The van der Waals surface area contributed by atoms with Crippen molar-refractivity contribution < 1.29 is 14.3 Å². The number of carboxylic acid groups (broad SMARTS) is 1. The lowest BCUT2D eigenvalue weighted by Crippen LogP contribution is -2.32. The minimum Gasteiger partial charge on any atom is -0.480 e. The zero-order chi connectivity index (χ0) is 12.3. The van der Waals surface area contributed by atoms with Gasteiger partial charge in [-0.3, -0.25) is 4.79 Å². The van der Waals surface area contributed by atoms with Crippen LogP contribution in [-0.4, -0.2) is 17.1 Å². The van der Waals surface area contributed by atoms with Gasteiger partial charge in [-0.1, -0.05) is 18.2 Å². The molecule has 88 valence electrons. The molecule has 1 aromatic carbocycles. The van der Waals surface area contributed by atoms with E-state index in [9.17, 15) is 9.18 Å². The van der Waals surface area contributed by atoms with E-state index in [-0.39, 0.29) is 6.42 Å². The van der Waals surface area contributed by atoms with Crippen LogP contribution in [0, 0.1) is 6.92 Å². The van der Waals surface area contributed by atoms with Crippen LogP contribution in [0.5, 0.6) is 0 Å². The van der Waals surface area contributed by atoms with Gasteiger partial charge in [-0.05, 0) is 37.0 Å². The molecule has 0 saturated heterocycles. The quantitative estimate of drug-likeness (QED) is 0.823. The molecule has 0 fully saturated rings. The van der Waals surface area contributed by atoms with Gasteiger partial charge in [-0.25, -0.2) is 4.39 Å². The smallest absolute Gasteiger partial charge is 0.320 e. The number of hydrogen-bond acceptors (Lipinski definition) is 2. The molecule has 2 unspecified atom stereocenters. The van der Waals surface area contributed by atoms with Gasteiger partial charge in [-0.2, -0.15) is 0 Å². The number of carboxylic acids is 1. The van der Waals surface area contributed by atoms with E-state index in [1.165, 1.54) is 6.92 Å². The van der Waals surface area contributed by atoms with Crippen molar-refractivity contribution in [2.45, 2.75) is 32.5 Å². The molecular formula is C12H16FNO2. The highest BCUT2D eigenvalue weighted by Crippen LogP contribution is 2.20. The van der Waals surface area contributed by atoms with Crippen molar-refractivity contribution >= 4 is 5.97 Å². The molecule has 0 aliphatic heterocycles. The van der Waals surface area contributed by atoms with Crippen LogP contribution in [-0.2, 0) is 11.2 Å². The summed E-state index contributed by atoms with van der Waals surface area (Å²) >= 11 is 0. The van der Waals surface area contributed by atoms with Gasteiger partial charge in [0.05, 0.1) is 0 Å². The van der Waals surface area contributed by atoms with Crippen LogP contribution in [0.15, 0.2) is 18.2 Å². The highest BCUT2D eigenvalue weighted by atomic mass is 19.1. The van der Waals surface area contributed by atoms with Gasteiger partial charge >= 0.3 is 5.97 Å². The van der Waals surface area contributed by atoms with Crippen molar-refractivity contribution in [3.8, 4) is 0 Å². The number of halogens is 1. The zero-order valence-corrected chi connectivity index (χ0v) is 9.40. The molecule has 3 nitrogen and oxygen atoms in total. The lowest BCUT2D eigenvalue weighted by Gasteiger charge is -2.12. The summed E-state index contributed by atoms with van der Waals surface area (Å²) in [5.74, 6) is -1.04. The number of hydrogen-bond donors (Lipinski definition) is 2. The molecule has 0 bridgehead atoms. The van der Waals surface area contributed by atoms with Crippen LogP contribution >= 0.6 is 0 Å². The number of aryl methyl sites for hydroxylation is 1. The number of nitrogens with two attached hydrogens (primary N) is 1. The van der Waals surface area contributed by atoms with Crippen molar-refractivity contribution in [3.05, 3.63) is 34.9 Å². The molecule has 4 heteroatoms. The number of benzene rings is 1. The summed E-state index contributed by atoms with van der Waals surface area (Å²) in [7, 11) is 0. The molecule has 1 rings (SSSR count). The summed E-state index contributed by atoms with van der Waals surface area (Å²) in [6, 6.07) is 4.23. The predicted molar refractivity (Wildman–Crippen MR) is 60.0 cm³/mol. The summed E-state index contributed by atoms with van der Waals surface area (Å²) in [5.41, 5.74) is 7.72. The topological polar surface area (TPSA) is 63.3 Å². The third-order valence-corrected chi connectivity index (χ3v) is 2.59. The maximum absolute atomic E-state index is 13.1. The molecule has 1 aromatic rings. The fourth-order valence-corrected chi connectivity index (χ4v) is 1.48. The Hall–Kier alpha value is -1.42. The summed E-state index contributed by atoms with van der Waals surface area (Å²) < 4.78 is 13.1. The molecule has 0 aromatic heterocycles. The second kappa shape index (κ2) is 5.07. The first kappa shape index (κ1) is 12.6. The SMILES string of the molecule is Cc1ccc(C(C)F)cc1CC(N)C(=O)O. The Kier molecular flexibility index (Phi) is 4.01. The lowest BCUT2D eigenvalue weighted by atomic mass is 9.97. The summed E-state index contributed by atoms with van der Waals surface area (Å²) in [4.78, 5) is 10.6. The summed E-state index contributed by atoms with van der Waals surface area (Å²) in [6.07, 6.45) is -0.831. The molecule has 0 amide bonds. The molecule has 3 N–H and O–H groups in total. The average molecular weight is 225 g/mol. The highest BCUT2D eigenvalue weighted by Gasteiger charge is 2.14. The highest BCUT2D eigenvalue weighted by molar-refractivity contribution is 5.73. The molecule has 0 saturated carbocycles. The fraction of sp³-hybridized carbons (Fsp3) is 0.417. The molecule has 0 spiro atoms. The summed E-state index contributed by atoms with van der Waals surface area (Å²) in [5, 5.41) is 8.71. The van der Waals surface area contributed by atoms with Crippen LogP contribution in [0.1, 0.15) is 29.8 Å². The van der Waals surface area contributed by atoms with Crippen molar-refractivity contribution in [2.75, 3.05) is 0 Å². The number of alkyl halides is 1. The second-order valence-corrected chi connectivity index (χ2v) is 3.95. The van der Waals surface area contributed by atoms with E-state index in [0.717, 1.165) is 11.1 Å². The number of aliphatic carboxylic acids is 1. The van der Waals surface area contributed by atoms with E-state index >= 15 is 0 Å². The molecule has 2 atom stereocenters. The zero-order valence-electron chi connectivity index (χ0n) is 9.40. The van der Waals surface area contributed by atoms with Gasteiger partial charge in [0.2, 0.25) is 0 Å². The minimum atomic E-state index is -1.06. The third kappa shape index (κ3) is 3.03. The first-order chi connectivity index (χ1) is 7.41. The molecular weight excluding hydrogens is 209 g/mol. The van der Waals surface area contributed by atoms with Gasteiger partial charge in [0.25, 0.3) is 0 Å². The van der Waals surface area contributed by atoms with Crippen molar-refractivity contribution in [3.63, 3.8) is 0 Å². The second-order valence-electron chi connectivity index (χ2n) is 3.95. The van der Waals surface area contributed by atoms with Gasteiger partial charge in [0.1, 0.15) is 12.2 Å². The Labute approximate surface area is 94.1 Å². The first-order valence-electron chi connectivity index (χ1n) is 5.13. The number of rotatable bonds is 4. The Morgan fingerprint density at radius 1 is 1.56 bits per heavy atom.